The predicted octanol–water partition coefficient (Wildman–Crippen LogP) is 1.72. The molecule has 1 aromatic rings. The predicted molar refractivity (Wildman–Crippen MR) is 78.1 cm³/mol. The monoisotopic (exact) mass is 247 g/mol. The number of likely N-dealkylation sites (N-methyl/N-ethyl adjacent to an activating group) is 2. The van der Waals surface area contributed by atoms with E-state index in [-0.39, 0.29) is 0 Å². The third-order valence-electron chi connectivity index (χ3n) is 3.92. The molecule has 18 heavy (non-hydrogen) atoms. The summed E-state index contributed by atoms with van der Waals surface area (Å²) < 4.78 is 0. The molecule has 1 fully saturated rings. The summed E-state index contributed by atoms with van der Waals surface area (Å²) in [4.78, 5) is 4.84. The van der Waals surface area contributed by atoms with E-state index < -0.39 is 0 Å². The lowest BCUT2D eigenvalue weighted by atomic mass is 10.0. The Morgan fingerprint density at radius 3 is 2.67 bits per heavy atom. The molecule has 0 amide bonds. The van der Waals surface area contributed by atoms with Crippen LogP contribution in [0.2, 0.25) is 0 Å². The van der Waals surface area contributed by atoms with Gasteiger partial charge < -0.3 is 15.5 Å². The van der Waals surface area contributed by atoms with Crippen LogP contribution in [0.5, 0.6) is 0 Å². The van der Waals surface area contributed by atoms with Gasteiger partial charge in [-0.3, -0.25) is 0 Å². The Morgan fingerprint density at radius 2 is 2.06 bits per heavy atom. The van der Waals surface area contributed by atoms with Crippen molar-refractivity contribution >= 4 is 5.69 Å². The van der Waals surface area contributed by atoms with Gasteiger partial charge in [0.1, 0.15) is 0 Å². The second kappa shape index (κ2) is 6.21. The highest BCUT2D eigenvalue weighted by Crippen LogP contribution is 2.21. The molecule has 2 N–H and O–H groups in total. The molecular formula is C15H25N3. The molecule has 1 aromatic carbocycles. The van der Waals surface area contributed by atoms with Crippen molar-refractivity contribution in [3.05, 3.63) is 29.8 Å². The Bertz CT molecular complexity index is 361. The number of anilines is 1. The third-order valence-corrected chi connectivity index (χ3v) is 3.92. The lowest BCUT2D eigenvalue weighted by Crippen LogP contribution is -2.45. The van der Waals surface area contributed by atoms with E-state index >= 15 is 0 Å². The van der Waals surface area contributed by atoms with Crippen LogP contribution < -0.4 is 10.6 Å². The van der Waals surface area contributed by atoms with Gasteiger partial charge in [0, 0.05) is 25.3 Å². The van der Waals surface area contributed by atoms with Gasteiger partial charge in [0.25, 0.3) is 0 Å². The van der Waals surface area contributed by atoms with Crippen molar-refractivity contribution < 1.29 is 0 Å². The molecule has 0 radical (unpaired) electrons. The van der Waals surface area contributed by atoms with Gasteiger partial charge in [0.2, 0.25) is 0 Å². The molecule has 100 valence electrons. The highest BCUT2D eigenvalue weighted by atomic mass is 15.2. The van der Waals surface area contributed by atoms with Gasteiger partial charge in [-0.1, -0.05) is 12.1 Å². The average molecular weight is 247 g/mol. The number of hydrogen-bond donors (Lipinski definition) is 1. The molecule has 0 spiro atoms. The zero-order chi connectivity index (χ0) is 13.0. The van der Waals surface area contributed by atoms with E-state index in [0.717, 1.165) is 13.0 Å². The van der Waals surface area contributed by atoms with Crippen LogP contribution >= 0.6 is 0 Å². The summed E-state index contributed by atoms with van der Waals surface area (Å²) in [5, 5.41) is 0. The third kappa shape index (κ3) is 3.24. The van der Waals surface area contributed by atoms with Crippen LogP contribution in [0.25, 0.3) is 0 Å². The average Bonchev–Trinajstić information content (AvgIpc) is 2.39. The Labute approximate surface area is 111 Å². The second-order valence-electron chi connectivity index (χ2n) is 5.37. The van der Waals surface area contributed by atoms with Gasteiger partial charge in [-0.15, -0.1) is 0 Å². The molecular weight excluding hydrogens is 222 g/mol. The highest BCUT2D eigenvalue weighted by molar-refractivity contribution is 5.48. The first-order valence-electron chi connectivity index (χ1n) is 6.91. The van der Waals surface area contributed by atoms with Crippen molar-refractivity contribution in [3.63, 3.8) is 0 Å². The smallest absolute Gasteiger partial charge is 0.0414 e. The van der Waals surface area contributed by atoms with Crippen LogP contribution in [0.4, 0.5) is 5.69 Å². The van der Waals surface area contributed by atoms with Gasteiger partial charge in [-0.05, 0) is 57.1 Å². The summed E-state index contributed by atoms with van der Waals surface area (Å²) in [7, 11) is 4.42. The Kier molecular flexibility index (Phi) is 4.61. The maximum absolute atomic E-state index is 5.57. The molecule has 1 atom stereocenters. The van der Waals surface area contributed by atoms with Crippen LogP contribution in [-0.4, -0.2) is 44.7 Å². The van der Waals surface area contributed by atoms with Crippen LogP contribution in [-0.2, 0) is 6.42 Å². The first-order chi connectivity index (χ1) is 8.70. The minimum Gasteiger partial charge on any atom is -0.370 e. The first-order valence-corrected chi connectivity index (χ1v) is 6.91. The molecule has 0 bridgehead atoms. The molecule has 1 aliphatic heterocycles. The topological polar surface area (TPSA) is 32.5 Å². The lowest BCUT2D eigenvalue weighted by Gasteiger charge is -2.37. The molecule has 3 nitrogen and oxygen atoms in total. The molecule has 1 heterocycles. The van der Waals surface area contributed by atoms with Crippen LogP contribution in [0, 0.1) is 0 Å². The summed E-state index contributed by atoms with van der Waals surface area (Å²) in [5.41, 5.74) is 8.22. The molecule has 3 heteroatoms. The van der Waals surface area contributed by atoms with Crippen LogP contribution in [0.3, 0.4) is 0 Å². The Morgan fingerprint density at radius 1 is 1.33 bits per heavy atom. The van der Waals surface area contributed by atoms with Crippen molar-refractivity contribution in [2.45, 2.75) is 25.3 Å². The molecule has 0 aromatic heterocycles. The summed E-state index contributed by atoms with van der Waals surface area (Å²) in [5.74, 6) is 0. The number of benzene rings is 1. The summed E-state index contributed by atoms with van der Waals surface area (Å²) in [6.07, 6.45) is 3.57. The zero-order valence-corrected chi connectivity index (χ0v) is 11.6. The molecule has 1 aliphatic rings. The van der Waals surface area contributed by atoms with Crippen molar-refractivity contribution in [1.29, 1.82) is 0 Å². The molecule has 2 rings (SSSR count). The highest BCUT2D eigenvalue weighted by Gasteiger charge is 2.21. The molecule has 1 saturated heterocycles. The Hall–Kier alpha value is -1.06. The number of nitrogens with two attached hydrogens (primary N) is 1. The zero-order valence-electron chi connectivity index (χ0n) is 11.6. The fourth-order valence-corrected chi connectivity index (χ4v) is 2.73. The normalized spacial score (nSPS) is 20.9. The van der Waals surface area contributed by atoms with E-state index in [4.69, 9.17) is 5.73 Å². The van der Waals surface area contributed by atoms with E-state index in [9.17, 15) is 0 Å². The number of nitrogens with zero attached hydrogens (tertiary/aromatic N) is 2. The van der Waals surface area contributed by atoms with Crippen molar-refractivity contribution in [2.75, 3.05) is 38.6 Å². The van der Waals surface area contributed by atoms with Crippen LogP contribution in [0.1, 0.15) is 18.4 Å². The SMILES string of the molecule is CN1CCCC(N(C)c2ccc(CCN)cc2)C1. The first kappa shape index (κ1) is 13.4. The Balaban J connectivity index is 2.01. The van der Waals surface area contributed by atoms with Gasteiger partial charge in [0.15, 0.2) is 0 Å². The van der Waals surface area contributed by atoms with Crippen molar-refractivity contribution in [2.24, 2.45) is 5.73 Å². The number of piperidine rings is 1. The largest absolute Gasteiger partial charge is 0.370 e. The number of likely N-dealkylation sites (tertiary alicyclic amines) is 1. The van der Waals surface area contributed by atoms with Gasteiger partial charge in [-0.2, -0.15) is 0 Å². The van der Waals surface area contributed by atoms with Gasteiger partial charge in [0.05, 0.1) is 0 Å². The second-order valence-corrected chi connectivity index (χ2v) is 5.37. The number of hydrogen-bond acceptors (Lipinski definition) is 3. The molecule has 1 unspecified atom stereocenters. The van der Waals surface area contributed by atoms with E-state index in [1.807, 2.05) is 0 Å². The number of rotatable bonds is 4. The lowest BCUT2D eigenvalue weighted by molar-refractivity contribution is 0.248. The minimum atomic E-state index is 0.643. The maximum atomic E-state index is 5.57. The fourth-order valence-electron chi connectivity index (χ4n) is 2.73. The van der Waals surface area contributed by atoms with Crippen molar-refractivity contribution in [1.82, 2.24) is 4.90 Å². The summed E-state index contributed by atoms with van der Waals surface area (Å²) in [6.45, 7) is 3.13. The standard InChI is InChI=1S/C15H25N3/c1-17-11-3-4-15(12-17)18(2)14-7-5-13(6-8-14)9-10-16/h5-8,15H,3-4,9-12,16H2,1-2H3. The van der Waals surface area contributed by atoms with E-state index in [1.54, 1.807) is 0 Å². The fraction of sp³-hybridized carbons (Fsp3) is 0.600. The quantitative estimate of drug-likeness (QED) is 0.879. The summed E-state index contributed by atoms with van der Waals surface area (Å²) >= 11 is 0. The summed E-state index contributed by atoms with van der Waals surface area (Å²) in [6, 6.07) is 9.49. The van der Waals surface area contributed by atoms with Crippen molar-refractivity contribution in [3.8, 4) is 0 Å². The van der Waals surface area contributed by atoms with Gasteiger partial charge in [-0.25, -0.2) is 0 Å². The van der Waals surface area contributed by atoms with Gasteiger partial charge >= 0.3 is 0 Å². The molecule has 0 saturated carbocycles. The van der Waals surface area contributed by atoms with E-state index in [2.05, 4.69) is 48.2 Å². The molecule has 0 aliphatic carbocycles. The van der Waals surface area contributed by atoms with E-state index in [1.165, 1.54) is 37.2 Å². The minimum absolute atomic E-state index is 0.643. The van der Waals surface area contributed by atoms with E-state index in [0.29, 0.717) is 6.04 Å². The van der Waals surface area contributed by atoms with Crippen LogP contribution in [0.15, 0.2) is 24.3 Å². The maximum Gasteiger partial charge on any atom is 0.0414 e.